The molecule has 1 heterocycles. The highest BCUT2D eigenvalue weighted by atomic mass is 15.1. The summed E-state index contributed by atoms with van der Waals surface area (Å²) in [6.45, 7) is 3.91. The Morgan fingerprint density at radius 2 is 2.00 bits per heavy atom. The minimum atomic E-state index is 0.661. The number of imidazole rings is 1. The molecular formula is C8H17N5. The van der Waals surface area contributed by atoms with Gasteiger partial charge in [-0.2, -0.15) is 0 Å². The van der Waals surface area contributed by atoms with Crippen molar-refractivity contribution < 1.29 is 0 Å². The van der Waals surface area contributed by atoms with Crippen molar-refractivity contribution in [1.29, 1.82) is 0 Å². The predicted molar refractivity (Wildman–Crippen MR) is 52.0 cm³/mol. The van der Waals surface area contributed by atoms with Crippen LogP contribution in [0.1, 0.15) is 5.69 Å². The summed E-state index contributed by atoms with van der Waals surface area (Å²) in [6, 6.07) is 0. The minimum absolute atomic E-state index is 0.661. The van der Waals surface area contributed by atoms with Crippen molar-refractivity contribution >= 4 is 0 Å². The van der Waals surface area contributed by atoms with Gasteiger partial charge < -0.3 is 16.5 Å². The van der Waals surface area contributed by atoms with E-state index in [1.54, 1.807) is 6.33 Å². The van der Waals surface area contributed by atoms with E-state index in [1.165, 1.54) is 0 Å². The molecule has 0 spiro atoms. The number of aromatic nitrogens is 2. The first-order chi connectivity index (χ1) is 6.36. The van der Waals surface area contributed by atoms with E-state index in [0.717, 1.165) is 25.3 Å². The van der Waals surface area contributed by atoms with E-state index in [0.29, 0.717) is 13.1 Å². The number of hydrogen-bond donors (Lipinski definition) is 3. The summed E-state index contributed by atoms with van der Waals surface area (Å²) in [7, 11) is 0. The Morgan fingerprint density at radius 1 is 1.31 bits per heavy atom. The van der Waals surface area contributed by atoms with Crippen molar-refractivity contribution in [2.45, 2.75) is 6.54 Å². The average Bonchev–Trinajstić information content (AvgIpc) is 2.58. The molecule has 0 fully saturated rings. The van der Waals surface area contributed by atoms with Crippen LogP contribution in [0.25, 0.3) is 0 Å². The van der Waals surface area contributed by atoms with Crippen LogP contribution < -0.4 is 11.5 Å². The lowest BCUT2D eigenvalue weighted by Gasteiger charge is -2.19. The maximum atomic E-state index is 5.48. The topological polar surface area (TPSA) is 84.0 Å². The Balaban J connectivity index is 2.37. The zero-order valence-electron chi connectivity index (χ0n) is 7.74. The first-order valence-electron chi connectivity index (χ1n) is 4.46. The quantitative estimate of drug-likeness (QED) is 0.535. The number of H-pyrrole nitrogens is 1. The fraction of sp³-hybridized carbons (Fsp3) is 0.625. The Hall–Kier alpha value is -0.910. The maximum Gasteiger partial charge on any atom is 0.0922 e. The summed E-state index contributed by atoms with van der Waals surface area (Å²) >= 11 is 0. The molecule has 0 aromatic carbocycles. The third-order valence-electron chi connectivity index (χ3n) is 1.84. The summed E-state index contributed by atoms with van der Waals surface area (Å²) in [5, 5.41) is 0. The van der Waals surface area contributed by atoms with Crippen molar-refractivity contribution in [1.82, 2.24) is 14.9 Å². The summed E-state index contributed by atoms with van der Waals surface area (Å²) in [6.07, 6.45) is 3.50. The van der Waals surface area contributed by atoms with E-state index < -0.39 is 0 Å². The number of nitrogens with two attached hydrogens (primary N) is 2. The molecule has 13 heavy (non-hydrogen) atoms. The molecule has 1 aromatic heterocycles. The third kappa shape index (κ3) is 3.54. The second-order valence-electron chi connectivity index (χ2n) is 2.93. The van der Waals surface area contributed by atoms with Gasteiger partial charge in [0.2, 0.25) is 0 Å². The normalized spacial score (nSPS) is 11.0. The molecule has 0 amide bonds. The van der Waals surface area contributed by atoms with Crippen molar-refractivity contribution in [2.24, 2.45) is 11.5 Å². The second-order valence-corrected chi connectivity index (χ2v) is 2.93. The number of rotatable bonds is 6. The zero-order valence-corrected chi connectivity index (χ0v) is 7.74. The number of hydrogen-bond acceptors (Lipinski definition) is 4. The molecule has 0 aliphatic heterocycles. The molecule has 5 N–H and O–H groups in total. The van der Waals surface area contributed by atoms with Gasteiger partial charge in [-0.3, -0.25) is 4.90 Å². The largest absolute Gasteiger partial charge is 0.347 e. The highest BCUT2D eigenvalue weighted by Gasteiger charge is 2.03. The van der Waals surface area contributed by atoms with Gasteiger partial charge in [0.05, 0.1) is 6.33 Å². The molecule has 0 saturated heterocycles. The van der Waals surface area contributed by atoms with Gasteiger partial charge in [-0.1, -0.05) is 0 Å². The highest BCUT2D eigenvalue weighted by molar-refractivity contribution is 4.93. The standard InChI is InChI=1S/C8H17N5/c9-1-3-13(4-2-10)6-8-5-11-7-12-8/h5,7H,1-4,6,9-10H2,(H,11,12). The fourth-order valence-corrected chi connectivity index (χ4v) is 1.25. The Labute approximate surface area is 78.1 Å². The molecule has 5 heteroatoms. The van der Waals surface area contributed by atoms with Gasteiger partial charge in [0.1, 0.15) is 0 Å². The van der Waals surface area contributed by atoms with Crippen LogP contribution in [0.15, 0.2) is 12.5 Å². The van der Waals surface area contributed by atoms with E-state index in [-0.39, 0.29) is 0 Å². The van der Waals surface area contributed by atoms with Crippen molar-refractivity contribution in [3.8, 4) is 0 Å². The van der Waals surface area contributed by atoms with Gasteiger partial charge in [0, 0.05) is 44.6 Å². The average molecular weight is 183 g/mol. The monoisotopic (exact) mass is 183 g/mol. The third-order valence-corrected chi connectivity index (χ3v) is 1.84. The highest BCUT2D eigenvalue weighted by Crippen LogP contribution is 1.97. The molecule has 0 aliphatic carbocycles. The van der Waals surface area contributed by atoms with Gasteiger partial charge in [-0.25, -0.2) is 4.98 Å². The minimum Gasteiger partial charge on any atom is -0.347 e. The van der Waals surface area contributed by atoms with Gasteiger partial charge in [-0.05, 0) is 0 Å². The summed E-state index contributed by atoms with van der Waals surface area (Å²) in [4.78, 5) is 9.20. The van der Waals surface area contributed by atoms with Crippen LogP contribution in [0.5, 0.6) is 0 Å². The molecule has 74 valence electrons. The van der Waals surface area contributed by atoms with Crippen LogP contribution in [0, 0.1) is 0 Å². The van der Waals surface area contributed by atoms with E-state index in [9.17, 15) is 0 Å². The van der Waals surface area contributed by atoms with Crippen LogP contribution in [-0.4, -0.2) is 41.0 Å². The first-order valence-corrected chi connectivity index (χ1v) is 4.46. The fourth-order valence-electron chi connectivity index (χ4n) is 1.25. The molecule has 5 nitrogen and oxygen atoms in total. The summed E-state index contributed by atoms with van der Waals surface area (Å²) < 4.78 is 0. The molecule has 0 saturated carbocycles. The molecule has 0 aliphatic rings. The Bertz CT molecular complexity index is 202. The smallest absolute Gasteiger partial charge is 0.0922 e. The van der Waals surface area contributed by atoms with E-state index in [2.05, 4.69) is 14.9 Å². The van der Waals surface area contributed by atoms with E-state index >= 15 is 0 Å². The van der Waals surface area contributed by atoms with Crippen molar-refractivity contribution in [3.63, 3.8) is 0 Å². The summed E-state index contributed by atoms with van der Waals surface area (Å²) in [5.74, 6) is 0. The summed E-state index contributed by atoms with van der Waals surface area (Å²) in [5.41, 5.74) is 12.1. The molecular weight excluding hydrogens is 166 g/mol. The maximum absolute atomic E-state index is 5.48. The number of nitrogens with one attached hydrogen (secondary N) is 1. The van der Waals surface area contributed by atoms with Crippen LogP contribution in [-0.2, 0) is 6.54 Å². The van der Waals surface area contributed by atoms with Crippen LogP contribution in [0.3, 0.4) is 0 Å². The Kier molecular flexibility index (Phi) is 4.45. The van der Waals surface area contributed by atoms with Gasteiger partial charge in [-0.15, -0.1) is 0 Å². The first kappa shape index (κ1) is 10.2. The van der Waals surface area contributed by atoms with E-state index in [1.807, 2.05) is 6.20 Å². The van der Waals surface area contributed by atoms with Crippen LogP contribution >= 0.6 is 0 Å². The lowest BCUT2D eigenvalue weighted by atomic mass is 10.4. The molecule has 0 radical (unpaired) electrons. The predicted octanol–water partition coefficient (Wildman–Crippen LogP) is -0.871. The van der Waals surface area contributed by atoms with Crippen LogP contribution in [0.4, 0.5) is 0 Å². The van der Waals surface area contributed by atoms with Crippen molar-refractivity contribution in [3.05, 3.63) is 18.2 Å². The number of nitrogens with zero attached hydrogens (tertiary/aromatic N) is 2. The van der Waals surface area contributed by atoms with Crippen LogP contribution in [0.2, 0.25) is 0 Å². The van der Waals surface area contributed by atoms with E-state index in [4.69, 9.17) is 11.5 Å². The molecule has 0 unspecified atom stereocenters. The van der Waals surface area contributed by atoms with Gasteiger partial charge >= 0.3 is 0 Å². The lowest BCUT2D eigenvalue weighted by molar-refractivity contribution is 0.278. The Morgan fingerprint density at radius 3 is 2.46 bits per heavy atom. The lowest BCUT2D eigenvalue weighted by Crippen LogP contribution is -2.33. The molecule has 0 atom stereocenters. The molecule has 1 rings (SSSR count). The second kappa shape index (κ2) is 5.69. The molecule has 1 aromatic rings. The zero-order chi connectivity index (χ0) is 9.52. The van der Waals surface area contributed by atoms with Gasteiger partial charge in [0.25, 0.3) is 0 Å². The number of aromatic amines is 1. The van der Waals surface area contributed by atoms with Gasteiger partial charge in [0.15, 0.2) is 0 Å². The van der Waals surface area contributed by atoms with Crippen molar-refractivity contribution in [2.75, 3.05) is 26.2 Å². The SMILES string of the molecule is NCCN(CCN)Cc1cnc[nH]1. The molecule has 0 bridgehead atoms.